The average molecular weight is 405 g/mol. The molecule has 156 valence electrons. The largest absolute Gasteiger partial charge is 0.325 e. The summed E-state index contributed by atoms with van der Waals surface area (Å²) in [6, 6.07) is 14.9. The van der Waals surface area contributed by atoms with E-state index in [2.05, 4.69) is 24.5 Å². The molecule has 4 rings (SSSR count). The molecule has 2 aromatic rings. The second-order valence-electron chi connectivity index (χ2n) is 8.22. The Morgan fingerprint density at radius 3 is 2.63 bits per heavy atom. The van der Waals surface area contributed by atoms with Crippen molar-refractivity contribution >= 4 is 23.5 Å². The lowest BCUT2D eigenvalue weighted by molar-refractivity contribution is -0.134. The molecule has 0 radical (unpaired) electrons. The zero-order chi connectivity index (χ0) is 21.3. The number of urea groups is 1. The first kappa shape index (κ1) is 20.1. The number of anilines is 1. The Labute approximate surface area is 176 Å². The minimum Gasteiger partial charge on any atom is -0.325 e. The fraction of sp³-hybridized carbons (Fsp3) is 0.375. The van der Waals surface area contributed by atoms with Crippen LogP contribution in [0.25, 0.3) is 0 Å². The van der Waals surface area contributed by atoms with E-state index in [0.29, 0.717) is 18.0 Å². The van der Waals surface area contributed by atoms with Crippen molar-refractivity contribution < 1.29 is 14.4 Å². The third kappa shape index (κ3) is 3.47. The second-order valence-corrected chi connectivity index (χ2v) is 8.22. The molecule has 2 aliphatic rings. The number of imide groups is 1. The average Bonchev–Trinajstić information content (AvgIpc) is 2.98. The van der Waals surface area contributed by atoms with Gasteiger partial charge in [-0.3, -0.25) is 14.5 Å². The molecule has 30 heavy (non-hydrogen) atoms. The molecule has 0 aromatic heterocycles. The van der Waals surface area contributed by atoms with Crippen LogP contribution in [0, 0.1) is 0 Å². The summed E-state index contributed by atoms with van der Waals surface area (Å²) in [6.07, 6.45) is 3.28. The Morgan fingerprint density at radius 1 is 1.17 bits per heavy atom. The van der Waals surface area contributed by atoms with Gasteiger partial charge in [-0.2, -0.15) is 0 Å². The van der Waals surface area contributed by atoms with E-state index in [4.69, 9.17) is 0 Å². The predicted molar refractivity (Wildman–Crippen MR) is 115 cm³/mol. The smallest absolute Gasteiger partial charge is 0.325 e. The van der Waals surface area contributed by atoms with E-state index in [-0.39, 0.29) is 12.5 Å². The lowest BCUT2D eigenvalue weighted by Gasteiger charge is -2.33. The highest BCUT2D eigenvalue weighted by Gasteiger charge is 2.54. The van der Waals surface area contributed by atoms with Gasteiger partial charge < -0.3 is 10.6 Å². The first-order valence-electron chi connectivity index (χ1n) is 10.6. The van der Waals surface area contributed by atoms with E-state index in [9.17, 15) is 14.4 Å². The van der Waals surface area contributed by atoms with Gasteiger partial charge in [0.15, 0.2) is 0 Å². The highest BCUT2D eigenvalue weighted by molar-refractivity contribution is 6.10. The number of nitrogens with zero attached hydrogens (tertiary/aromatic N) is 1. The van der Waals surface area contributed by atoms with E-state index in [1.165, 1.54) is 5.56 Å². The maximum Gasteiger partial charge on any atom is 0.325 e. The van der Waals surface area contributed by atoms with Crippen molar-refractivity contribution in [2.45, 2.75) is 51.0 Å². The summed E-state index contributed by atoms with van der Waals surface area (Å²) in [6.45, 7) is 3.99. The van der Waals surface area contributed by atoms with Crippen LogP contribution in [0.15, 0.2) is 48.5 Å². The van der Waals surface area contributed by atoms with Gasteiger partial charge in [0.1, 0.15) is 12.1 Å². The van der Waals surface area contributed by atoms with Crippen LogP contribution in [0.3, 0.4) is 0 Å². The monoisotopic (exact) mass is 405 g/mol. The first-order valence-corrected chi connectivity index (χ1v) is 10.6. The summed E-state index contributed by atoms with van der Waals surface area (Å²) >= 11 is 0. The molecule has 4 amide bonds. The Hall–Kier alpha value is -3.15. The van der Waals surface area contributed by atoms with Crippen molar-refractivity contribution in [3.8, 4) is 0 Å². The van der Waals surface area contributed by atoms with Crippen LogP contribution in [0.1, 0.15) is 55.7 Å². The SMILES string of the molecule is CC[C@@H](C)c1ccc(NC(=O)CN2C(=O)N[C@@]3(CCCc4ccccc43)C2=O)cc1. The van der Waals surface area contributed by atoms with E-state index >= 15 is 0 Å². The molecular formula is C24H27N3O3. The van der Waals surface area contributed by atoms with Crippen LogP contribution in [0.2, 0.25) is 0 Å². The quantitative estimate of drug-likeness (QED) is 0.740. The summed E-state index contributed by atoms with van der Waals surface area (Å²) in [5.74, 6) is -0.284. The summed E-state index contributed by atoms with van der Waals surface area (Å²) in [5, 5.41) is 5.67. The van der Waals surface area contributed by atoms with Gasteiger partial charge in [0.25, 0.3) is 5.91 Å². The first-order chi connectivity index (χ1) is 14.4. The molecule has 1 spiro atoms. The van der Waals surface area contributed by atoms with Crippen LogP contribution in [0.4, 0.5) is 10.5 Å². The zero-order valence-corrected chi connectivity index (χ0v) is 17.4. The van der Waals surface area contributed by atoms with Crippen molar-refractivity contribution in [1.29, 1.82) is 0 Å². The fourth-order valence-electron chi connectivity index (χ4n) is 4.43. The molecule has 0 bridgehead atoms. The molecule has 6 nitrogen and oxygen atoms in total. The molecule has 0 saturated carbocycles. The molecular weight excluding hydrogens is 378 g/mol. The van der Waals surface area contributed by atoms with E-state index in [1.807, 2.05) is 48.5 Å². The van der Waals surface area contributed by atoms with E-state index in [0.717, 1.165) is 35.3 Å². The Morgan fingerprint density at radius 2 is 1.90 bits per heavy atom. The van der Waals surface area contributed by atoms with Crippen LogP contribution in [-0.2, 0) is 21.5 Å². The highest BCUT2D eigenvalue weighted by Crippen LogP contribution is 2.39. The van der Waals surface area contributed by atoms with Gasteiger partial charge >= 0.3 is 6.03 Å². The van der Waals surface area contributed by atoms with Gasteiger partial charge in [-0.1, -0.05) is 50.2 Å². The maximum atomic E-state index is 13.3. The third-order valence-corrected chi connectivity index (χ3v) is 6.33. The third-order valence-electron chi connectivity index (χ3n) is 6.33. The standard InChI is InChI=1S/C24H27N3O3/c1-3-16(2)17-10-12-19(13-11-17)25-21(28)15-27-22(29)24(26-23(27)30)14-6-8-18-7-4-5-9-20(18)24/h4-5,7,9-13,16H,3,6,8,14-15H2,1-2H3,(H,25,28)(H,26,30)/t16-,24-/m1/s1. The van der Waals surface area contributed by atoms with E-state index in [1.54, 1.807) is 0 Å². The van der Waals surface area contributed by atoms with Crippen molar-refractivity contribution in [2.75, 3.05) is 11.9 Å². The Balaban J connectivity index is 1.47. The van der Waals surface area contributed by atoms with Gasteiger partial charge in [-0.05, 0) is 60.4 Å². The number of amides is 4. The van der Waals surface area contributed by atoms with Gasteiger partial charge in [0.05, 0.1) is 0 Å². The van der Waals surface area contributed by atoms with Crippen LogP contribution < -0.4 is 10.6 Å². The number of fused-ring (bicyclic) bond motifs is 2. The van der Waals surface area contributed by atoms with Gasteiger partial charge in [-0.25, -0.2) is 4.79 Å². The molecule has 1 heterocycles. The molecule has 1 aliphatic heterocycles. The van der Waals surface area contributed by atoms with Gasteiger partial charge in [0.2, 0.25) is 5.91 Å². The second kappa shape index (κ2) is 7.94. The summed E-state index contributed by atoms with van der Waals surface area (Å²) in [7, 11) is 0. The summed E-state index contributed by atoms with van der Waals surface area (Å²) in [4.78, 5) is 39.5. The maximum absolute atomic E-state index is 13.3. The zero-order valence-electron chi connectivity index (χ0n) is 17.4. The molecule has 2 N–H and O–H groups in total. The summed E-state index contributed by atoms with van der Waals surface area (Å²) < 4.78 is 0. The minimum absolute atomic E-state index is 0.304. The molecule has 0 unspecified atom stereocenters. The molecule has 2 atom stereocenters. The summed E-state index contributed by atoms with van der Waals surface area (Å²) in [5.41, 5.74) is 2.73. The van der Waals surface area contributed by atoms with Crippen LogP contribution in [0.5, 0.6) is 0 Å². The van der Waals surface area contributed by atoms with Crippen molar-refractivity contribution in [2.24, 2.45) is 0 Å². The fourth-order valence-corrected chi connectivity index (χ4v) is 4.43. The number of aryl methyl sites for hydroxylation is 1. The Kier molecular flexibility index (Phi) is 5.33. The lowest BCUT2D eigenvalue weighted by Crippen LogP contribution is -2.47. The number of benzene rings is 2. The van der Waals surface area contributed by atoms with Crippen molar-refractivity contribution in [3.63, 3.8) is 0 Å². The van der Waals surface area contributed by atoms with Crippen LogP contribution in [-0.4, -0.2) is 29.3 Å². The molecule has 1 saturated heterocycles. The number of hydrogen-bond acceptors (Lipinski definition) is 3. The van der Waals surface area contributed by atoms with E-state index < -0.39 is 17.5 Å². The molecule has 1 fully saturated rings. The molecule has 6 heteroatoms. The van der Waals surface area contributed by atoms with Crippen molar-refractivity contribution in [3.05, 3.63) is 65.2 Å². The van der Waals surface area contributed by atoms with Gasteiger partial charge in [0, 0.05) is 5.69 Å². The topological polar surface area (TPSA) is 78.5 Å². The number of rotatable bonds is 5. The Bertz CT molecular complexity index is 985. The predicted octanol–water partition coefficient (Wildman–Crippen LogP) is 3.92. The lowest BCUT2D eigenvalue weighted by atomic mass is 9.76. The molecule has 2 aromatic carbocycles. The normalized spacial score (nSPS) is 21.3. The number of carbonyl (C=O) groups is 3. The molecule has 1 aliphatic carbocycles. The number of carbonyl (C=O) groups excluding carboxylic acids is 3. The number of nitrogens with one attached hydrogen (secondary N) is 2. The number of hydrogen-bond donors (Lipinski definition) is 2. The highest BCUT2D eigenvalue weighted by atomic mass is 16.2. The van der Waals surface area contributed by atoms with Crippen molar-refractivity contribution in [1.82, 2.24) is 10.2 Å². The van der Waals surface area contributed by atoms with Gasteiger partial charge in [-0.15, -0.1) is 0 Å². The minimum atomic E-state index is -1.05. The van der Waals surface area contributed by atoms with Crippen LogP contribution >= 0.6 is 0 Å².